The third-order valence-electron chi connectivity index (χ3n) is 3.13. The van der Waals surface area contributed by atoms with Crippen LogP contribution < -0.4 is 10.1 Å². The molecule has 0 aliphatic rings. The Labute approximate surface area is 115 Å². The SMILES string of the molecule is CCCO[C@](C)(CC)C(=O)Nc1ccc(OC)cc1. The Bertz CT molecular complexity index is 402. The van der Waals surface area contributed by atoms with Crippen molar-refractivity contribution in [1.29, 1.82) is 0 Å². The minimum absolute atomic E-state index is 0.117. The standard InChI is InChI=1S/C15H23NO3/c1-5-11-19-15(3,6-2)14(17)16-12-7-9-13(18-4)10-8-12/h7-10H,5-6,11H2,1-4H3,(H,16,17)/t15-/m1/s1. The molecule has 1 amide bonds. The molecule has 19 heavy (non-hydrogen) atoms. The molecule has 4 heteroatoms. The van der Waals surface area contributed by atoms with Gasteiger partial charge in [-0.05, 0) is 44.0 Å². The van der Waals surface area contributed by atoms with E-state index in [0.717, 1.165) is 17.9 Å². The van der Waals surface area contributed by atoms with Gasteiger partial charge in [-0.2, -0.15) is 0 Å². The zero-order valence-electron chi connectivity index (χ0n) is 12.2. The lowest BCUT2D eigenvalue weighted by atomic mass is 10.0. The van der Waals surface area contributed by atoms with Crippen LogP contribution in [0.3, 0.4) is 0 Å². The fraction of sp³-hybridized carbons (Fsp3) is 0.533. The van der Waals surface area contributed by atoms with Gasteiger partial charge in [0.25, 0.3) is 5.91 Å². The van der Waals surface area contributed by atoms with Crippen LogP contribution in [0.5, 0.6) is 5.75 Å². The minimum atomic E-state index is -0.782. The Balaban J connectivity index is 2.70. The normalized spacial score (nSPS) is 13.7. The molecule has 4 nitrogen and oxygen atoms in total. The van der Waals surface area contributed by atoms with Gasteiger partial charge in [-0.1, -0.05) is 13.8 Å². The van der Waals surface area contributed by atoms with Crippen molar-refractivity contribution < 1.29 is 14.3 Å². The predicted molar refractivity (Wildman–Crippen MR) is 76.6 cm³/mol. The first-order valence-electron chi connectivity index (χ1n) is 6.65. The predicted octanol–water partition coefficient (Wildman–Crippen LogP) is 3.23. The van der Waals surface area contributed by atoms with E-state index in [4.69, 9.17) is 9.47 Å². The first kappa shape index (κ1) is 15.5. The first-order valence-corrected chi connectivity index (χ1v) is 6.65. The molecule has 0 spiro atoms. The number of hydrogen-bond acceptors (Lipinski definition) is 3. The zero-order chi connectivity index (χ0) is 14.3. The number of methoxy groups -OCH3 is 1. The second-order valence-corrected chi connectivity index (χ2v) is 4.62. The Morgan fingerprint density at radius 1 is 1.26 bits per heavy atom. The molecular formula is C15H23NO3. The van der Waals surface area contributed by atoms with Crippen LogP contribution in [0.4, 0.5) is 5.69 Å². The maximum absolute atomic E-state index is 12.3. The lowest BCUT2D eigenvalue weighted by Crippen LogP contribution is -2.42. The monoisotopic (exact) mass is 265 g/mol. The van der Waals surface area contributed by atoms with Crippen molar-refractivity contribution in [2.45, 2.75) is 39.2 Å². The highest BCUT2D eigenvalue weighted by Crippen LogP contribution is 2.20. The van der Waals surface area contributed by atoms with Gasteiger partial charge in [0, 0.05) is 12.3 Å². The number of amides is 1. The average molecular weight is 265 g/mol. The molecule has 0 radical (unpaired) electrons. The fourth-order valence-corrected chi connectivity index (χ4v) is 1.59. The highest BCUT2D eigenvalue weighted by molar-refractivity contribution is 5.97. The summed E-state index contributed by atoms with van der Waals surface area (Å²) in [6.45, 7) is 6.38. The van der Waals surface area contributed by atoms with Crippen molar-refractivity contribution >= 4 is 11.6 Å². The number of nitrogens with one attached hydrogen (secondary N) is 1. The summed E-state index contributed by atoms with van der Waals surface area (Å²) in [6, 6.07) is 7.25. The molecule has 106 valence electrons. The third kappa shape index (κ3) is 4.24. The van der Waals surface area contributed by atoms with Crippen molar-refractivity contribution in [2.24, 2.45) is 0 Å². The van der Waals surface area contributed by atoms with E-state index >= 15 is 0 Å². The lowest BCUT2D eigenvalue weighted by molar-refractivity contribution is -0.139. The fourth-order valence-electron chi connectivity index (χ4n) is 1.59. The quantitative estimate of drug-likeness (QED) is 0.823. The van der Waals surface area contributed by atoms with E-state index in [1.54, 1.807) is 7.11 Å². The third-order valence-corrected chi connectivity index (χ3v) is 3.13. The van der Waals surface area contributed by atoms with Crippen LogP contribution in [0.2, 0.25) is 0 Å². The molecule has 0 unspecified atom stereocenters. The summed E-state index contributed by atoms with van der Waals surface area (Å²) in [5.41, 5.74) is -0.0405. The highest BCUT2D eigenvalue weighted by Gasteiger charge is 2.32. The van der Waals surface area contributed by atoms with E-state index in [9.17, 15) is 4.79 Å². The zero-order valence-corrected chi connectivity index (χ0v) is 12.2. The second-order valence-electron chi connectivity index (χ2n) is 4.62. The molecule has 0 saturated carbocycles. The van der Waals surface area contributed by atoms with Crippen molar-refractivity contribution in [3.8, 4) is 5.75 Å². The summed E-state index contributed by atoms with van der Waals surface area (Å²) in [5, 5.41) is 2.87. The van der Waals surface area contributed by atoms with E-state index in [1.807, 2.05) is 45.0 Å². The number of hydrogen-bond donors (Lipinski definition) is 1. The van der Waals surface area contributed by atoms with Crippen LogP contribution in [0.1, 0.15) is 33.6 Å². The molecule has 1 aromatic carbocycles. The summed E-state index contributed by atoms with van der Waals surface area (Å²) < 4.78 is 10.7. The van der Waals surface area contributed by atoms with E-state index in [0.29, 0.717) is 13.0 Å². The number of benzene rings is 1. The summed E-state index contributed by atoms with van der Waals surface area (Å²) in [7, 11) is 1.61. The lowest BCUT2D eigenvalue weighted by Gasteiger charge is -2.27. The highest BCUT2D eigenvalue weighted by atomic mass is 16.5. The molecule has 1 aromatic rings. The molecule has 0 fully saturated rings. The van der Waals surface area contributed by atoms with Gasteiger partial charge >= 0.3 is 0 Å². The van der Waals surface area contributed by atoms with Gasteiger partial charge in [0.1, 0.15) is 11.4 Å². The topological polar surface area (TPSA) is 47.6 Å². The summed E-state index contributed by atoms with van der Waals surface area (Å²) in [4.78, 5) is 12.3. The summed E-state index contributed by atoms with van der Waals surface area (Å²) >= 11 is 0. The molecular weight excluding hydrogens is 242 g/mol. The van der Waals surface area contributed by atoms with E-state index < -0.39 is 5.60 Å². The Hall–Kier alpha value is -1.55. The second kappa shape index (κ2) is 7.14. The molecule has 1 atom stereocenters. The van der Waals surface area contributed by atoms with Gasteiger partial charge in [0.15, 0.2) is 0 Å². The molecule has 1 N–H and O–H groups in total. The van der Waals surface area contributed by atoms with Crippen LogP contribution in [0, 0.1) is 0 Å². The van der Waals surface area contributed by atoms with Crippen molar-refractivity contribution in [1.82, 2.24) is 0 Å². The van der Waals surface area contributed by atoms with Gasteiger partial charge in [-0.15, -0.1) is 0 Å². The molecule has 1 rings (SSSR count). The van der Waals surface area contributed by atoms with Crippen LogP contribution >= 0.6 is 0 Å². The molecule has 0 aromatic heterocycles. The number of rotatable bonds is 7. The largest absolute Gasteiger partial charge is 0.497 e. The van der Waals surface area contributed by atoms with E-state index in [-0.39, 0.29) is 5.91 Å². The Morgan fingerprint density at radius 2 is 1.89 bits per heavy atom. The molecule has 0 heterocycles. The van der Waals surface area contributed by atoms with Crippen molar-refractivity contribution in [2.75, 3.05) is 19.0 Å². The maximum Gasteiger partial charge on any atom is 0.256 e. The summed E-state index contributed by atoms with van der Waals surface area (Å²) in [5.74, 6) is 0.645. The van der Waals surface area contributed by atoms with Crippen molar-refractivity contribution in [3.63, 3.8) is 0 Å². The van der Waals surface area contributed by atoms with Crippen molar-refractivity contribution in [3.05, 3.63) is 24.3 Å². The van der Waals surface area contributed by atoms with Crippen LogP contribution in [0.15, 0.2) is 24.3 Å². The van der Waals surface area contributed by atoms with Gasteiger partial charge in [-0.3, -0.25) is 4.79 Å². The molecule has 0 saturated heterocycles. The molecule has 0 bridgehead atoms. The van der Waals surface area contributed by atoms with Gasteiger partial charge in [0.05, 0.1) is 7.11 Å². The summed E-state index contributed by atoms with van der Waals surface area (Å²) in [6.07, 6.45) is 1.53. The first-order chi connectivity index (χ1) is 9.05. The average Bonchev–Trinajstić information content (AvgIpc) is 2.45. The molecule has 0 aliphatic heterocycles. The Morgan fingerprint density at radius 3 is 2.37 bits per heavy atom. The van der Waals surface area contributed by atoms with E-state index in [2.05, 4.69) is 5.32 Å². The van der Waals surface area contributed by atoms with Gasteiger partial charge < -0.3 is 14.8 Å². The minimum Gasteiger partial charge on any atom is -0.497 e. The van der Waals surface area contributed by atoms with Gasteiger partial charge in [0.2, 0.25) is 0 Å². The van der Waals surface area contributed by atoms with Crippen LogP contribution in [0.25, 0.3) is 0 Å². The maximum atomic E-state index is 12.3. The smallest absolute Gasteiger partial charge is 0.256 e. The van der Waals surface area contributed by atoms with Crippen LogP contribution in [-0.4, -0.2) is 25.2 Å². The number of carbonyl (C=O) groups is 1. The number of anilines is 1. The molecule has 0 aliphatic carbocycles. The number of ether oxygens (including phenoxy) is 2. The Kier molecular flexibility index (Phi) is 5.83. The van der Waals surface area contributed by atoms with Gasteiger partial charge in [-0.25, -0.2) is 0 Å². The number of carbonyl (C=O) groups excluding carboxylic acids is 1. The van der Waals surface area contributed by atoms with E-state index in [1.165, 1.54) is 0 Å². The van der Waals surface area contributed by atoms with Crippen LogP contribution in [-0.2, 0) is 9.53 Å².